The lowest BCUT2D eigenvalue weighted by molar-refractivity contribution is 0.406. The zero-order chi connectivity index (χ0) is 7.45. The van der Waals surface area contributed by atoms with Gasteiger partial charge in [-0.05, 0) is 12.8 Å². The third-order valence-corrected chi connectivity index (χ3v) is 2.82. The molecule has 1 aliphatic rings. The van der Waals surface area contributed by atoms with Gasteiger partial charge in [-0.1, -0.05) is 19.3 Å². The van der Waals surface area contributed by atoms with Gasteiger partial charge >= 0.3 is 0 Å². The Morgan fingerprint density at radius 2 is 1.90 bits per heavy atom. The van der Waals surface area contributed by atoms with Crippen LogP contribution in [0.2, 0.25) is 0 Å². The largest absolute Gasteiger partial charge is 0.172 e. The Hall–Kier alpha value is -0.0900. The van der Waals surface area contributed by atoms with Gasteiger partial charge in [-0.25, -0.2) is 0 Å². The second-order valence-electron chi connectivity index (χ2n) is 3.17. The summed E-state index contributed by atoms with van der Waals surface area (Å²) >= 11 is 4.59. The topological polar surface area (TPSA) is 0 Å². The second-order valence-corrected chi connectivity index (χ2v) is 4.11. The number of thiol groups is 1. The van der Waals surface area contributed by atoms with Crippen molar-refractivity contribution in [2.75, 3.05) is 0 Å². The normalized spacial score (nSPS) is 23.6. The molecule has 1 saturated carbocycles. The predicted molar refractivity (Wildman–Crippen MR) is 48.3 cm³/mol. The first-order valence-electron chi connectivity index (χ1n) is 3.93. The van der Waals surface area contributed by atoms with Gasteiger partial charge in [-0.3, -0.25) is 0 Å². The Morgan fingerprint density at radius 3 is 2.40 bits per heavy atom. The minimum Gasteiger partial charge on any atom is -0.172 e. The quantitative estimate of drug-likeness (QED) is 0.435. The summed E-state index contributed by atoms with van der Waals surface area (Å²) in [7, 11) is 0. The van der Waals surface area contributed by atoms with Gasteiger partial charge in [0.05, 0.1) is 0 Å². The SMILES string of the molecule is C#CCC1(S)CCCCC1. The third kappa shape index (κ3) is 1.95. The number of hydrogen-bond donors (Lipinski definition) is 1. The molecule has 0 nitrogen and oxygen atoms in total. The molecule has 56 valence electrons. The van der Waals surface area contributed by atoms with Crippen molar-refractivity contribution in [2.24, 2.45) is 0 Å². The molecule has 0 N–H and O–H groups in total. The van der Waals surface area contributed by atoms with Crippen molar-refractivity contribution in [3.05, 3.63) is 0 Å². The summed E-state index contributed by atoms with van der Waals surface area (Å²) in [6, 6.07) is 0. The monoisotopic (exact) mass is 154 g/mol. The molecule has 0 bridgehead atoms. The third-order valence-electron chi connectivity index (χ3n) is 2.22. The molecule has 0 unspecified atom stereocenters. The van der Waals surface area contributed by atoms with Crippen LogP contribution in [0.1, 0.15) is 38.5 Å². The summed E-state index contributed by atoms with van der Waals surface area (Å²) < 4.78 is 0.188. The Labute approximate surface area is 68.8 Å². The molecule has 0 atom stereocenters. The zero-order valence-corrected chi connectivity index (χ0v) is 7.16. The standard InChI is InChI=1S/C9H14S/c1-2-6-9(10)7-4-3-5-8-9/h1,10H,3-8H2. The van der Waals surface area contributed by atoms with Crippen LogP contribution in [-0.2, 0) is 0 Å². The fourth-order valence-corrected chi connectivity index (χ4v) is 1.98. The van der Waals surface area contributed by atoms with Crippen molar-refractivity contribution >= 4 is 12.6 Å². The summed E-state index contributed by atoms with van der Waals surface area (Å²) in [5.41, 5.74) is 0. The van der Waals surface area contributed by atoms with Crippen molar-refractivity contribution in [3.63, 3.8) is 0 Å². The van der Waals surface area contributed by atoms with Gasteiger partial charge in [0, 0.05) is 11.2 Å². The van der Waals surface area contributed by atoms with Gasteiger partial charge in [0.1, 0.15) is 0 Å². The maximum absolute atomic E-state index is 5.25. The molecule has 0 aromatic rings. The highest BCUT2D eigenvalue weighted by atomic mass is 32.1. The van der Waals surface area contributed by atoms with Crippen LogP contribution in [0.15, 0.2) is 0 Å². The highest BCUT2D eigenvalue weighted by Gasteiger charge is 2.26. The zero-order valence-electron chi connectivity index (χ0n) is 6.27. The molecule has 0 radical (unpaired) electrons. The molecule has 1 rings (SSSR count). The predicted octanol–water partition coefficient (Wildman–Crippen LogP) is 2.64. The van der Waals surface area contributed by atoms with Crippen LogP contribution in [0.3, 0.4) is 0 Å². The second kappa shape index (κ2) is 3.34. The molecule has 0 amide bonds. The van der Waals surface area contributed by atoms with E-state index < -0.39 is 0 Å². The van der Waals surface area contributed by atoms with E-state index in [1.165, 1.54) is 32.1 Å². The van der Waals surface area contributed by atoms with Crippen LogP contribution in [-0.4, -0.2) is 4.75 Å². The van der Waals surface area contributed by atoms with Crippen LogP contribution in [0.25, 0.3) is 0 Å². The minimum absolute atomic E-state index is 0.188. The van der Waals surface area contributed by atoms with Crippen LogP contribution in [0.4, 0.5) is 0 Å². The first-order valence-corrected chi connectivity index (χ1v) is 4.37. The fourth-order valence-electron chi connectivity index (χ4n) is 1.58. The van der Waals surface area contributed by atoms with E-state index in [0.29, 0.717) is 0 Å². The lowest BCUT2D eigenvalue weighted by Crippen LogP contribution is -2.23. The molecule has 10 heavy (non-hydrogen) atoms. The van der Waals surface area contributed by atoms with E-state index >= 15 is 0 Å². The van der Waals surface area contributed by atoms with E-state index in [1.807, 2.05) is 0 Å². The Kier molecular flexibility index (Phi) is 2.68. The van der Waals surface area contributed by atoms with Crippen molar-refractivity contribution in [1.29, 1.82) is 0 Å². The molecule has 0 spiro atoms. The molecular weight excluding hydrogens is 140 g/mol. The molecule has 0 saturated heterocycles. The molecular formula is C9H14S. The van der Waals surface area contributed by atoms with Gasteiger partial charge < -0.3 is 0 Å². The van der Waals surface area contributed by atoms with E-state index in [4.69, 9.17) is 6.42 Å². The smallest absolute Gasteiger partial charge is 0.0239 e. The van der Waals surface area contributed by atoms with Gasteiger partial charge in [-0.15, -0.1) is 12.3 Å². The van der Waals surface area contributed by atoms with Crippen molar-refractivity contribution in [1.82, 2.24) is 0 Å². The Morgan fingerprint density at radius 1 is 1.30 bits per heavy atom. The van der Waals surface area contributed by atoms with Gasteiger partial charge in [0.2, 0.25) is 0 Å². The average molecular weight is 154 g/mol. The van der Waals surface area contributed by atoms with Gasteiger partial charge in [-0.2, -0.15) is 12.6 Å². The maximum atomic E-state index is 5.25. The molecule has 0 aliphatic heterocycles. The van der Waals surface area contributed by atoms with E-state index in [1.54, 1.807) is 0 Å². The van der Waals surface area contributed by atoms with Crippen molar-refractivity contribution in [2.45, 2.75) is 43.3 Å². The first kappa shape index (κ1) is 8.01. The summed E-state index contributed by atoms with van der Waals surface area (Å²) in [6.07, 6.45) is 12.5. The fraction of sp³-hybridized carbons (Fsp3) is 0.778. The van der Waals surface area contributed by atoms with Crippen LogP contribution < -0.4 is 0 Å². The molecule has 1 heteroatoms. The Balaban J connectivity index is 2.42. The lowest BCUT2D eigenvalue weighted by atomic mass is 9.86. The van der Waals surface area contributed by atoms with Crippen molar-refractivity contribution in [3.8, 4) is 12.3 Å². The molecule has 0 aromatic carbocycles. The highest BCUT2D eigenvalue weighted by molar-refractivity contribution is 7.81. The van der Waals surface area contributed by atoms with Crippen molar-refractivity contribution < 1.29 is 0 Å². The average Bonchev–Trinajstić information content (AvgIpc) is 1.89. The van der Waals surface area contributed by atoms with Crippen LogP contribution >= 0.6 is 12.6 Å². The van der Waals surface area contributed by atoms with Crippen LogP contribution in [0.5, 0.6) is 0 Å². The van der Waals surface area contributed by atoms with Gasteiger partial charge in [0.15, 0.2) is 0 Å². The first-order chi connectivity index (χ1) is 4.77. The molecule has 1 aliphatic carbocycles. The summed E-state index contributed by atoms with van der Waals surface area (Å²) in [5.74, 6) is 2.70. The van der Waals surface area contributed by atoms with E-state index in [0.717, 1.165) is 6.42 Å². The Bertz CT molecular complexity index is 137. The number of hydrogen-bond acceptors (Lipinski definition) is 1. The summed E-state index contributed by atoms with van der Waals surface area (Å²) in [6.45, 7) is 0. The van der Waals surface area contributed by atoms with Crippen LogP contribution in [0, 0.1) is 12.3 Å². The lowest BCUT2D eigenvalue weighted by Gasteiger charge is -2.30. The number of rotatable bonds is 1. The van der Waals surface area contributed by atoms with Gasteiger partial charge in [0.25, 0.3) is 0 Å². The van der Waals surface area contributed by atoms with E-state index in [9.17, 15) is 0 Å². The molecule has 0 heterocycles. The summed E-state index contributed by atoms with van der Waals surface area (Å²) in [5, 5.41) is 0. The maximum Gasteiger partial charge on any atom is 0.0239 e. The number of terminal acetylenes is 1. The van der Waals surface area contributed by atoms with E-state index in [-0.39, 0.29) is 4.75 Å². The summed E-state index contributed by atoms with van der Waals surface area (Å²) in [4.78, 5) is 0. The van der Waals surface area contributed by atoms with E-state index in [2.05, 4.69) is 18.5 Å². The highest BCUT2D eigenvalue weighted by Crippen LogP contribution is 2.35. The molecule has 1 fully saturated rings. The molecule has 0 aromatic heterocycles. The minimum atomic E-state index is 0.188.